The minimum absolute atomic E-state index is 0.156. The first-order chi connectivity index (χ1) is 9.13. The lowest BCUT2D eigenvalue weighted by Gasteiger charge is -2.20. The van der Waals surface area contributed by atoms with E-state index in [1.54, 1.807) is 0 Å². The molecular weight excluding hydrogens is 258 g/mol. The molecule has 1 N–H and O–H groups in total. The van der Waals surface area contributed by atoms with Gasteiger partial charge in [0, 0.05) is 18.3 Å². The fraction of sp³-hybridized carbons (Fsp3) is 0.400. The van der Waals surface area contributed by atoms with Crippen LogP contribution in [-0.2, 0) is 7.05 Å². The second-order valence-corrected chi connectivity index (χ2v) is 5.18. The van der Waals surface area contributed by atoms with Crippen LogP contribution >= 0.6 is 11.6 Å². The molecule has 0 amide bonds. The number of nitrogens with zero attached hydrogens (tertiary/aromatic N) is 2. The van der Waals surface area contributed by atoms with Gasteiger partial charge in [-0.2, -0.15) is 5.10 Å². The molecule has 0 radical (unpaired) electrons. The van der Waals surface area contributed by atoms with Gasteiger partial charge in [-0.05, 0) is 43.1 Å². The lowest BCUT2D eigenvalue weighted by Crippen LogP contribution is -2.25. The summed E-state index contributed by atoms with van der Waals surface area (Å²) < 4.78 is 1.91. The van der Waals surface area contributed by atoms with Gasteiger partial charge in [-0.15, -0.1) is 0 Å². The second-order valence-electron chi connectivity index (χ2n) is 4.78. The summed E-state index contributed by atoms with van der Waals surface area (Å²) >= 11 is 6.11. The highest BCUT2D eigenvalue weighted by Gasteiger charge is 2.17. The van der Waals surface area contributed by atoms with Gasteiger partial charge in [0.15, 0.2) is 0 Å². The molecule has 1 heterocycles. The molecule has 0 bridgehead atoms. The Balaban J connectivity index is 2.37. The molecule has 0 saturated heterocycles. The first kappa shape index (κ1) is 14.1. The molecule has 102 valence electrons. The maximum atomic E-state index is 6.11. The van der Waals surface area contributed by atoms with Crippen LogP contribution in [-0.4, -0.2) is 16.3 Å². The zero-order valence-electron chi connectivity index (χ0n) is 11.7. The number of hydrogen-bond donors (Lipinski definition) is 1. The Hall–Kier alpha value is -1.32. The molecule has 1 aromatic carbocycles. The van der Waals surface area contributed by atoms with Gasteiger partial charge in [-0.25, -0.2) is 0 Å². The van der Waals surface area contributed by atoms with E-state index in [1.807, 2.05) is 30.9 Å². The highest BCUT2D eigenvalue weighted by Crippen LogP contribution is 2.25. The smallest absolute Gasteiger partial charge is 0.0748 e. The van der Waals surface area contributed by atoms with Gasteiger partial charge in [0.1, 0.15) is 0 Å². The highest BCUT2D eigenvalue weighted by atomic mass is 35.5. The minimum Gasteiger partial charge on any atom is -0.305 e. The predicted molar refractivity (Wildman–Crippen MR) is 79.5 cm³/mol. The van der Waals surface area contributed by atoms with Crippen LogP contribution in [0.4, 0.5) is 0 Å². The summed E-state index contributed by atoms with van der Waals surface area (Å²) in [4.78, 5) is 0. The number of benzene rings is 1. The number of hydrogen-bond acceptors (Lipinski definition) is 2. The van der Waals surface area contributed by atoms with Crippen molar-refractivity contribution in [3.8, 4) is 0 Å². The van der Waals surface area contributed by atoms with Crippen molar-refractivity contribution in [1.29, 1.82) is 0 Å². The molecule has 1 unspecified atom stereocenters. The Bertz CT molecular complexity index is 548. The SMILES string of the molecule is CCCNC(c1ccc(Cl)c(C)c1)c1ccnn1C. The molecule has 2 aromatic rings. The summed E-state index contributed by atoms with van der Waals surface area (Å²) in [6.07, 6.45) is 2.93. The van der Waals surface area contributed by atoms with Crippen molar-refractivity contribution < 1.29 is 0 Å². The molecule has 19 heavy (non-hydrogen) atoms. The number of nitrogens with one attached hydrogen (secondary N) is 1. The molecule has 1 atom stereocenters. The van der Waals surface area contributed by atoms with Crippen molar-refractivity contribution in [3.05, 3.63) is 52.3 Å². The quantitative estimate of drug-likeness (QED) is 0.907. The lowest BCUT2D eigenvalue weighted by molar-refractivity contribution is 0.553. The zero-order valence-corrected chi connectivity index (χ0v) is 12.4. The third kappa shape index (κ3) is 3.17. The topological polar surface area (TPSA) is 29.9 Å². The van der Waals surface area contributed by atoms with E-state index in [1.165, 1.54) is 5.56 Å². The predicted octanol–water partition coefficient (Wildman–Crippen LogP) is 3.47. The maximum absolute atomic E-state index is 6.11. The Morgan fingerprint density at radius 1 is 1.37 bits per heavy atom. The van der Waals surface area contributed by atoms with E-state index in [2.05, 4.69) is 35.5 Å². The second kappa shape index (κ2) is 6.22. The number of halogens is 1. The lowest BCUT2D eigenvalue weighted by atomic mass is 10.0. The molecule has 0 spiro atoms. The summed E-state index contributed by atoms with van der Waals surface area (Å²) in [5.41, 5.74) is 3.48. The number of aryl methyl sites for hydroxylation is 2. The molecule has 2 rings (SSSR count). The fourth-order valence-electron chi connectivity index (χ4n) is 2.20. The molecule has 0 fully saturated rings. The van der Waals surface area contributed by atoms with Crippen molar-refractivity contribution in [2.24, 2.45) is 7.05 Å². The minimum atomic E-state index is 0.156. The van der Waals surface area contributed by atoms with E-state index in [-0.39, 0.29) is 6.04 Å². The van der Waals surface area contributed by atoms with Crippen LogP contribution in [0.2, 0.25) is 5.02 Å². The van der Waals surface area contributed by atoms with Gasteiger partial charge < -0.3 is 5.32 Å². The summed E-state index contributed by atoms with van der Waals surface area (Å²) in [6.45, 7) is 5.17. The Kier molecular flexibility index (Phi) is 4.61. The molecule has 0 aliphatic carbocycles. The molecule has 1 aromatic heterocycles. The van der Waals surface area contributed by atoms with E-state index in [4.69, 9.17) is 11.6 Å². The zero-order chi connectivity index (χ0) is 13.8. The van der Waals surface area contributed by atoms with Crippen LogP contribution in [0.25, 0.3) is 0 Å². The van der Waals surface area contributed by atoms with Crippen molar-refractivity contribution in [2.75, 3.05) is 6.54 Å². The van der Waals surface area contributed by atoms with Crippen molar-refractivity contribution in [1.82, 2.24) is 15.1 Å². The standard InChI is InChI=1S/C15H20ClN3/c1-4-8-17-15(14-7-9-18-19(14)3)12-5-6-13(16)11(2)10-12/h5-7,9-10,15,17H,4,8H2,1-3H3. The largest absolute Gasteiger partial charge is 0.305 e. The van der Waals surface area contributed by atoms with Gasteiger partial charge in [0.05, 0.1) is 11.7 Å². The highest BCUT2D eigenvalue weighted by molar-refractivity contribution is 6.31. The van der Waals surface area contributed by atoms with Crippen LogP contribution < -0.4 is 5.32 Å². The van der Waals surface area contributed by atoms with Gasteiger partial charge in [-0.3, -0.25) is 4.68 Å². The van der Waals surface area contributed by atoms with E-state index < -0.39 is 0 Å². The molecule has 0 aliphatic rings. The molecule has 3 nitrogen and oxygen atoms in total. The van der Waals surface area contributed by atoms with E-state index in [9.17, 15) is 0 Å². The van der Waals surface area contributed by atoms with E-state index in [0.717, 1.165) is 29.2 Å². The molecule has 0 aliphatic heterocycles. The third-order valence-corrected chi connectivity index (χ3v) is 3.69. The van der Waals surface area contributed by atoms with Gasteiger partial charge in [0.2, 0.25) is 0 Å². The maximum Gasteiger partial charge on any atom is 0.0748 e. The van der Waals surface area contributed by atoms with Crippen LogP contribution in [0, 0.1) is 6.92 Å². The van der Waals surface area contributed by atoms with Crippen LogP contribution in [0.3, 0.4) is 0 Å². The normalized spacial score (nSPS) is 12.6. The summed E-state index contributed by atoms with van der Waals surface area (Å²) in [6, 6.07) is 8.39. The Morgan fingerprint density at radius 3 is 2.74 bits per heavy atom. The number of aromatic nitrogens is 2. The third-order valence-electron chi connectivity index (χ3n) is 3.27. The van der Waals surface area contributed by atoms with Crippen LogP contribution in [0.15, 0.2) is 30.5 Å². The average Bonchev–Trinajstić information content (AvgIpc) is 2.80. The van der Waals surface area contributed by atoms with Crippen LogP contribution in [0.5, 0.6) is 0 Å². The average molecular weight is 278 g/mol. The summed E-state index contributed by atoms with van der Waals surface area (Å²) in [7, 11) is 1.97. The van der Waals surface area contributed by atoms with E-state index in [0.29, 0.717) is 0 Å². The van der Waals surface area contributed by atoms with Gasteiger partial charge >= 0.3 is 0 Å². The van der Waals surface area contributed by atoms with Crippen molar-refractivity contribution in [2.45, 2.75) is 26.3 Å². The first-order valence-electron chi connectivity index (χ1n) is 6.60. The van der Waals surface area contributed by atoms with E-state index >= 15 is 0 Å². The van der Waals surface area contributed by atoms with Crippen LogP contribution in [0.1, 0.15) is 36.2 Å². The summed E-state index contributed by atoms with van der Waals surface area (Å²) in [5, 5.41) is 8.64. The van der Waals surface area contributed by atoms with Gasteiger partial charge in [0.25, 0.3) is 0 Å². The Morgan fingerprint density at radius 2 is 2.16 bits per heavy atom. The Labute approximate surface area is 119 Å². The monoisotopic (exact) mass is 277 g/mol. The summed E-state index contributed by atoms with van der Waals surface area (Å²) in [5.74, 6) is 0. The first-order valence-corrected chi connectivity index (χ1v) is 6.98. The van der Waals surface area contributed by atoms with Gasteiger partial charge in [-0.1, -0.05) is 30.7 Å². The van der Waals surface area contributed by atoms with Crippen molar-refractivity contribution >= 4 is 11.6 Å². The molecule has 4 heteroatoms. The van der Waals surface area contributed by atoms with Crippen molar-refractivity contribution in [3.63, 3.8) is 0 Å². The fourth-order valence-corrected chi connectivity index (χ4v) is 2.31. The molecular formula is C15H20ClN3. The molecule has 0 saturated carbocycles. The number of rotatable bonds is 5.